The van der Waals surface area contributed by atoms with Crippen LogP contribution in [-0.4, -0.2) is 28.8 Å². The monoisotopic (exact) mass is 391 g/mol. The van der Waals surface area contributed by atoms with Crippen LogP contribution < -0.4 is 5.32 Å². The van der Waals surface area contributed by atoms with Crippen molar-refractivity contribution in [3.05, 3.63) is 76.6 Å². The van der Waals surface area contributed by atoms with Crippen molar-refractivity contribution in [1.29, 1.82) is 0 Å². The third-order valence-corrected chi connectivity index (χ3v) is 3.84. The average molecular weight is 392 g/mol. The third kappa shape index (κ3) is 3.95. The van der Waals surface area contributed by atoms with Crippen molar-refractivity contribution < 1.29 is 23.1 Å². The van der Waals surface area contributed by atoms with E-state index < -0.39 is 29.1 Å². The molecule has 0 aliphatic heterocycles. The summed E-state index contributed by atoms with van der Waals surface area (Å²) in [6, 6.07) is 9.58. The average Bonchev–Trinajstić information content (AvgIpc) is 3.13. The Kier molecular flexibility index (Phi) is 5.18. The number of benzene rings is 2. The number of halogens is 3. The first-order valence-corrected chi connectivity index (χ1v) is 7.97. The molecular formula is C18H12ClF2N3O3. The number of nitrogens with one attached hydrogen (secondary N) is 1. The maximum absolute atomic E-state index is 13.9. The first kappa shape index (κ1) is 18.5. The topological polar surface area (TPSA) is 73.2 Å². The molecule has 1 heterocycles. The van der Waals surface area contributed by atoms with Gasteiger partial charge >= 0.3 is 5.97 Å². The molecule has 0 unspecified atom stereocenters. The number of ether oxygens (including phenoxy) is 1. The van der Waals surface area contributed by atoms with Gasteiger partial charge in [0.25, 0.3) is 5.91 Å². The lowest BCUT2D eigenvalue weighted by Crippen LogP contribution is -2.15. The Labute approximate surface area is 157 Å². The normalized spacial score (nSPS) is 10.5. The molecule has 0 saturated heterocycles. The Hall–Kier alpha value is -3.26. The summed E-state index contributed by atoms with van der Waals surface area (Å²) in [5.41, 5.74) is -0.265. The van der Waals surface area contributed by atoms with Crippen molar-refractivity contribution in [3.8, 4) is 5.69 Å². The van der Waals surface area contributed by atoms with Gasteiger partial charge in [0, 0.05) is 17.3 Å². The van der Waals surface area contributed by atoms with Crippen molar-refractivity contribution in [1.82, 2.24) is 9.78 Å². The first-order valence-electron chi connectivity index (χ1n) is 7.59. The fourth-order valence-electron chi connectivity index (χ4n) is 2.30. The lowest BCUT2D eigenvalue weighted by molar-refractivity contribution is 0.0595. The van der Waals surface area contributed by atoms with Gasteiger partial charge in [0.15, 0.2) is 5.69 Å². The molecule has 0 aliphatic rings. The van der Waals surface area contributed by atoms with Crippen LogP contribution in [0.3, 0.4) is 0 Å². The number of carbonyl (C=O) groups is 2. The Balaban J connectivity index is 1.85. The van der Waals surface area contributed by atoms with E-state index in [1.54, 1.807) is 24.3 Å². The molecule has 0 radical (unpaired) electrons. The largest absolute Gasteiger partial charge is 0.465 e. The molecule has 2 aromatic carbocycles. The molecule has 1 aromatic heterocycles. The fraction of sp³-hybridized carbons (Fsp3) is 0.0556. The quantitative estimate of drug-likeness (QED) is 0.686. The minimum Gasteiger partial charge on any atom is -0.465 e. The van der Waals surface area contributed by atoms with Crippen LogP contribution in [0.5, 0.6) is 0 Å². The van der Waals surface area contributed by atoms with Crippen molar-refractivity contribution >= 4 is 29.2 Å². The minimum absolute atomic E-state index is 0.0154. The number of carbonyl (C=O) groups excluding carboxylic acids is 2. The summed E-state index contributed by atoms with van der Waals surface area (Å²) in [5.74, 6) is -3.87. The maximum Gasteiger partial charge on any atom is 0.340 e. The number of hydrogen-bond donors (Lipinski definition) is 1. The zero-order valence-electron chi connectivity index (χ0n) is 13.9. The van der Waals surface area contributed by atoms with Crippen LogP contribution >= 0.6 is 11.6 Å². The molecule has 0 fully saturated rings. The Bertz CT molecular complexity index is 1040. The summed E-state index contributed by atoms with van der Waals surface area (Å²) in [7, 11) is 1.06. The third-order valence-electron chi connectivity index (χ3n) is 3.60. The van der Waals surface area contributed by atoms with Gasteiger partial charge in [0.2, 0.25) is 0 Å². The zero-order chi connectivity index (χ0) is 19.6. The van der Waals surface area contributed by atoms with Crippen LogP contribution in [-0.2, 0) is 4.74 Å². The smallest absolute Gasteiger partial charge is 0.340 e. The van der Waals surface area contributed by atoms with Crippen LogP contribution in [0.2, 0.25) is 5.02 Å². The number of methoxy groups -OCH3 is 1. The minimum atomic E-state index is -1.09. The summed E-state index contributed by atoms with van der Waals surface area (Å²) in [6.07, 6.45) is 1.53. The van der Waals surface area contributed by atoms with Crippen LogP contribution in [0.25, 0.3) is 5.69 Å². The van der Waals surface area contributed by atoms with Crippen molar-refractivity contribution in [2.45, 2.75) is 0 Å². The molecule has 27 heavy (non-hydrogen) atoms. The fourth-order valence-corrected chi connectivity index (χ4v) is 2.49. The lowest BCUT2D eigenvalue weighted by atomic mass is 10.1. The molecule has 1 N–H and O–H groups in total. The molecule has 1 amide bonds. The van der Waals surface area contributed by atoms with E-state index >= 15 is 0 Å². The summed E-state index contributed by atoms with van der Waals surface area (Å²) in [4.78, 5) is 23.8. The van der Waals surface area contributed by atoms with Gasteiger partial charge in [-0.15, -0.1) is 0 Å². The Morgan fingerprint density at radius 3 is 2.63 bits per heavy atom. The van der Waals surface area contributed by atoms with Crippen molar-refractivity contribution in [2.75, 3.05) is 12.4 Å². The number of hydrogen-bond acceptors (Lipinski definition) is 4. The van der Waals surface area contributed by atoms with E-state index in [1.807, 2.05) is 0 Å². The van der Waals surface area contributed by atoms with Gasteiger partial charge in [-0.3, -0.25) is 4.79 Å². The van der Waals surface area contributed by atoms with Crippen LogP contribution in [0.15, 0.2) is 48.7 Å². The van der Waals surface area contributed by atoms with E-state index in [0.717, 1.165) is 13.2 Å². The van der Waals surface area contributed by atoms with E-state index in [2.05, 4.69) is 15.2 Å². The zero-order valence-corrected chi connectivity index (χ0v) is 14.6. The van der Waals surface area contributed by atoms with Crippen LogP contribution in [0, 0.1) is 11.6 Å². The van der Waals surface area contributed by atoms with Gasteiger partial charge in [0.1, 0.15) is 11.6 Å². The van der Waals surface area contributed by atoms with E-state index in [1.165, 1.54) is 16.9 Å². The molecule has 0 atom stereocenters. The molecule has 3 aromatic rings. The van der Waals surface area contributed by atoms with Gasteiger partial charge in [-0.05, 0) is 30.3 Å². The van der Waals surface area contributed by atoms with Gasteiger partial charge in [-0.2, -0.15) is 5.10 Å². The number of amides is 1. The second kappa shape index (κ2) is 7.55. The highest BCUT2D eigenvalue weighted by Crippen LogP contribution is 2.21. The van der Waals surface area contributed by atoms with E-state index in [0.29, 0.717) is 16.8 Å². The van der Waals surface area contributed by atoms with Crippen molar-refractivity contribution in [2.24, 2.45) is 0 Å². The van der Waals surface area contributed by atoms with E-state index in [4.69, 9.17) is 11.6 Å². The molecule has 0 bridgehead atoms. The Morgan fingerprint density at radius 1 is 1.15 bits per heavy atom. The molecule has 0 spiro atoms. The van der Waals surface area contributed by atoms with Gasteiger partial charge in [-0.25, -0.2) is 18.3 Å². The number of aromatic nitrogens is 2. The summed E-state index contributed by atoms with van der Waals surface area (Å²) in [6.45, 7) is 0. The Morgan fingerprint density at radius 2 is 1.93 bits per heavy atom. The first-order chi connectivity index (χ1) is 12.9. The molecule has 138 valence electrons. The van der Waals surface area contributed by atoms with E-state index in [-0.39, 0.29) is 11.4 Å². The van der Waals surface area contributed by atoms with E-state index in [9.17, 15) is 18.4 Å². The predicted molar refractivity (Wildman–Crippen MR) is 94.2 cm³/mol. The SMILES string of the molecule is COC(=O)c1cc(NC(=O)c2ccn(-c3cccc(Cl)c3)n2)c(F)cc1F. The number of nitrogens with zero attached hydrogens (tertiary/aromatic N) is 2. The van der Waals surface area contributed by atoms with Gasteiger partial charge in [-0.1, -0.05) is 17.7 Å². The highest BCUT2D eigenvalue weighted by atomic mass is 35.5. The van der Waals surface area contributed by atoms with Gasteiger partial charge in [0.05, 0.1) is 24.0 Å². The number of esters is 1. The number of rotatable bonds is 4. The molecule has 9 heteroatoms. The summed E-state index contributed by atoms with van der Waals surface area (Å²) >= 11 is 5.92. The maximum atomic E-state index is 13.9. The summed E-state index contributed by atoms with van der Waals surface area (Å²) < 4.78 is 33.5. The molecule has 3 rings (SSSR count). The van der Waals surface area contributed by atoms with Crippen LogP contribution in [0.1, 0.15) is 20.8 Å². The second-order valence-electron chi connectivity index (χ2n) is 5.38. The standard InChI is InChI=1S/C18H12ClF2N3O3/c1-27-18(26)12-8-16(14(21)9-13(12)20)22-17(25)15-5-6-24(23-15)11-4-2-3-10(19)7-11/h2-9H,1H3,(H,22,25). The molecule has 0 aliphatic carbocycles. The molecule has 6 nitrogen and oxygen atoms in total. The van der Waals surface area contributed by atoms with Gasteiger partial charge < -0.3 is 10.1 Å². The lowest BCUT2D eigenvalue weighted by Gasteiger charge is -2.08. The molecule has 0 saturated carbocycles. The van der Waals surface area contributed by atoms with Crippen LogP contribution in [0.4, 0.5) is 14.5 Å². The summed E-state index contributed by atoms with van der Waals surface area (Å²) in [5, 5.41) is 6.85. The second-order valence-corrected chi connectivity index (χ2v) is 5.82. The highest BCUT2D eigenvalue weighted by molar-refractivity contribution is 6.30. The highest BCUT2D eigenvalue weighted by Gasteiger charge is 2.19. The molecular weight excluding hydrogens is 380 g/mol. The predicted octanol–water partition coefficient (Wildman–Crippen LogP) is 3.84. The number of anilines is 1. The van der Waals surface area contributed by atoms with Crippen molar-refractivity contribution in [3.63, 3.8) is 0 Å².